The minimum atomic E-state index is -0.771. The fraction of sp³-hybridized carbons (Fsp3) is 0.0714. The zero-order valence-corrected chi connectivity index (χ0v) is 12.3. The smallest absolute Gasteiger partial charge is 0.259 e. The lowest BCUT2D eigenvalue weighted by Crippen LogP contribution is -2.20. The highest BCUT2D eigenvalue weighted by Gasteiger charge is 2.23. The predicted octanol–water partition coefficient (Wildman–Crippen LogP) is 2.54. The second-order valence-electron chi connectivity index (χ2n) is 4.47. The van der Waals surface area contributed by atoms with Crippen LogP contribution < -0.4 is 5.56 Å². The van der Waals surface area contributed by atoms with Crippen LogP contribution in [0.15, 0.2) is 35.1 Å². The van der Waals surface area contributed by atoms with Crippen LogP contribution in [-0.4, -0.2) is 19.5 Å². The highest BCUT2D eigenvalue weighted by molar-refractivity contribution is 7.16. The summed E-state index contributed by atoms with van der Waals surface area (Å²) in [5.74, 6) is 0. The van der Waals surface area contributed by atoms with E-state index in [1.54, 1.807) is 13.0 Å². The molecule has 0 atom stereocenters. The Hall–Kier alpha value is -2.87. The molecule has 3 aromatic rings. The number of hydrogen-bond acceptors (Lipinski definition) is 6. The first kappa shape index (κ1) is 14.1. The van der Waals surface area contributed by atoms with Gasteiger partial charge >= 0.3 is 11.2 Å². The Morgan fingerprint density at radius 3 is 2.68 bits per heavy atom. The van der Waals surface area contributed by atoms with Crippen LogP contribution >= 0.6 is 11.3 Å². The number of rotatable bonds is 3. The summed E-state index contributed by atoms with van der Waals surface area (Å²) >= 11 is 1.21. The first-order valence-corrected chi connectivity index (χ1v) is 7.16. The van der Waals surface area contributed by atoms with Crippen molar-refractivity contribution in [3.63, 3.8) is 0 Å². The minimum Gasteiger partial charge on any atom is -0.259 e. The molecule has 0 radical (unpaired) electrons. The Labute approximate surface area is 128 Å². The van der Waals surface area contributed by atoms with Gasteiger partial charge in [0.05, 0.1) is 4.92 Å². The van der Waals surface area contributed by atoms with Crippen LogP contribution in [0, 0.1) is 17.0 Å². The van der Waals surface area contributed by atoms with Gasteiger partial charge in [-0.15, -0.1) is 0 Å². The average molecular weight is 314 g/mol. The fourth-order valence-electron chi connectivity index (χ4n) is 1.97. The van der Waals surface area contributed by atoms with Crippen molar-refractivity contribution in [1.29, 1.82) is 0 Å². The molecule has 0 amide bonds. The molecule has 2 heterocycles. The number of nitrogens with zero attached hydrogens (tertiary/aromatic N) is 4. The van der Waals surface area contributed by atoms with E-state index in [2.05, 4.69) is 10.1 Å². The molecule has 110 valence electrons. The summed E-state index contributed by atoms with van der Waals surface area (Å²) in [6, 6.07) is 9.28. The molecule has 0 aliphatic rings. The van der Waals surface area contributed by atoms with Crippen molar-refractivity contribution in [3.8, 4) is 0 Å². The van der Waals surface area contributed by atoms with Crippen molar-refractivity contribution in [2.75, 3.05) is 0 Å². The molecule has 0 aliphatic carbocycles. The monoisotopic (exact) mass is 314 g/mol. The standard InChI is InChI=1S/C14H10N4O3S/c1-9-16-17-13(19)12(18(20)21)11(15-14(17)22-9)8-7-10-5-3-2-4-6-10/h2-8H,1H3/b8-7+. The van der Waals surface area contributed by atoms with Gasteiger partial charge in [-0.2, -0.15) is 9.61 Å². The highest BCUT2D eigenvalue weighted by atomic mass is 32.1. The number of benzene rings is 1. The minimum absolute atomic E-state index is 0.0301. The summed E-state index contributed by atoms with van der Waals surface area (Å²) in [6.45, 7) is 1.71. The largest absolute Gasteiger partial charge is 0.361 e. The normalized spacial score (nSPS) is 11.3. The molecule has 7 nitrogen and oxygen atoms in total. The second kappa shape index (κ2) is 5.49. The van der Waals surface area contributed by atoms with E-state index < -0.39 is 16.2 Å². The zero-order valence-electron chi connectivity index (χ0n) is 11.5. The Morgan fingerprint density at radius 2 is 2.00 bits per heavy atom. The van der Waals surface area contributed by atoms with Crippen molar-refractivity contribution >= 4 is 34.1 Å². The predicted molar refractivity (Wildman–Crippen MR) is 83.9 cm³/mol. The third-order valence-corrected chi connectivity index (χ3v) is 3.75. The topological polar surface area (TPSA) is 90.4 Å². The Balaban J connectivity index is 2.19. The van der Waals surface area contributed by atoms with E-state index in [1.807, 2.05) is 30.3 Å². The van der Waals surface area contributed by atoms with E-state index in [-0.39, 0.29) is 5.69 Å². The van der Waals surface area contributed by atoms with E-state index in [1.165, 1.54) is 17.4 Å². The van der Waals surface area contributed by atoms with Crippen LogP contribution in [0.4, 0.5) is 5.69 Å². The van der Waals surface area contributed by atoms with Crippen LogP contribution in [0.1, 0.15) is 16.3 Å². The van der Waals surface area contributed by atoms with E-state index in [0.717, 1.165) is 10.1 Å². The van der Waals surface area contributed by atoms with Crippen molar-refractivity contribution in [1.82, 2.24) is 14.6 Å². The molecule has 22 heavy (non-hydrogen) atoms. The molecule has 0 fully saturated rings. The lowest BCUT2D eigenvalue weighted by molar-refractivity contribution is -0.386. The third-order valence-electron chi connectivity index (χ3n) is 2.93. The van der Waals surface area contributed by atoms with Gasteiger partial charge in [0.15, 0.2) is 5.69 Å². The van der Waals surface area contributed by atoms with Crippen molar-refractivity contribution in [3.05, 3.63) is 67.1 Å². The quantitative estimate of drug-likeness (QED) is 0.547. The van der Waals surface area contributed by atoms with Gasteiger partial charge in [0.2, 0.25) is 4.96 Å². The van der Waals surface area contributed by atoms with Crippen LogP contribution in [-0.2, 0) is 0 Å². The van der Waals surface area contributed by atoms with E-state index >= 15 is 0 Å². The Bertz CT molecular complexity index is 944. The lowest BCUT2D eigenvalue weighted by Gasteiger charge is -1.97. The molecule has 0 bridgehead atoms. The lowest BCUT2D eigenvalue weighted by atomic mass is 10.2. The van der Waals surface area contributed by atoms with Gasteiger partial charge in [0.25, 0.3) is 0 Å². The molecule has 2 aromatic heterocycles. The number of nitro groups is 1. The molecule has 0 saturated carbocycles. The van der Waals surface area contributed by atoms with Gasteiger partial charge in [0.1, 0.15) is 5.01 Å². The van der Waals surface area contributed by atoms with Crippen molar-refractivity contribution in [2.24, 2.45) is 0 Å². The fourth-order valence-corrected chi connectivity index (χ4v) is 2.72. The van der Waals surface area contributed by atoms with Gasteiger partial charge in [-0.25, -0.2) is 4.98 Å². The summed E-state index contributed by atoms with van der Waals surface area (Å²) in [5, 5.41) is 15.8. The number of aryl methyl sites for hydroxylation is 1. The molecule has 0 saturated heterocycles. The summed E-state index contributed by atoms with van der Waals surface area (Å²) in [5.41, 5.74) is -0.455. The molecule has 0 unspecified atom stereocenters. The highest BCUT2D eigenvalue weighted by Crippen LogP contribution is 2.18. The summed E-state index contributed by atoms with van der Waals surface area (Å²) < 4.78 is 0.970. The van der Waals surface area contributed by atoms with Gasteiger partial charge in [0, 0.05) is 0 Å². The van der Waals surface area contributed by atoms with E-state index in [4.69, 9.17) is 0 Å². The maximum absolute atomic E-state index is 12.2. The molecular formula is C14H10N4O3S. The number of fused-ring (bicyclic) bond motifs is 1. The number of aromatic nitrogens is 3. The van der Waals surface area contributed by atoms with Gasteiger partial charge in [-0.1, -0.05) is 47.7 Å². The molecule has 3 rings (SSSR count). The van der Waals surface area contributed by atoms with Gasteiger partial charge in [-0.05, 0) is 18.6 Å². The zero-order chi connectivity index (χ0) is 15.7. The first-order valence-electron chi connectivity index (χ1n) is 6.34. The van der Waals surface area contributed by atoms with Crippen LogP contribution in [0.5, 0.6) is 0 Å². The molecule has 0 N–H and O–H groups in total. The van der Waals surface area contributed by atoms with Crippen LogP contribution in [0.25, 0.3) is 17.1 Å². The Kier molecular flexibility index (Phi) is 3.51. The first-order chi connectivity index (χ1) is 10.6. The van der Waals surface area contributed by atoms with Crippen LogP contribution in [0.2, 0.25) is 0 Å². The molecule has 1 aromatic carbocycles. The third kappa shape index (κ3) is 2.51. The van der Waals surface area contributed by atoms with Gasteiger partial charge in [-0.3, -0.25) is 14.9 Å². The maximum Gasteiger partial charge on any atom is 0.361 e. The molecular weight excluding hydrogens is 304 g/mol. The van der Waals surface area contributed by atoms with Crippen molar-refractivity contribution < 1.29 is 4.92 Å². The maximum atomic E-state index is 12.2. The molecule has 0 aliphatic heterocycles. The van der Waals surface area contributed by atoms with Gasteiger partial charge < -0.3 is 0 Å². The second-order valence-corrected chi connectivity index (χ2v) is 5.63. The average Bonchev–Trinajstić information content (AvgIpc) is 2.86. The van der Waals surface area contributed by atoms with E-state index in [0.29, 0.717) is 9.97 Å². The summed E-state index contributed by atoms with van der Waals surface area (Å²) in [4.78, 5) is 27.2. The van der Waals surface area contributed by atoms with Crippen molar-refractivity contribution in [2.45, 2.75) is 6.92 Å². The van der Waals surface area contributed by atoms with E-state index in [9.17, 15) is 14.9 Å². The summed E-state index contributed by atoms with van der Waals surface area (Å²) in [6.07, 6.45) is 3.16. The SMILES string of the molecule is Cc1nn2c(=O)c([N+](=O)[O-])c(/C=C/c3ccccc3)nc2s1. The molecule has 0 spiro atoms. The molecule has 8 heteroatoms. The van der Waals surface area contributed by atoms with Crippen LogP contribution in [0.3, 0.4) is 0 Å². The summed E-state index contributed by atoms with van der Waals surface area (Å²) in [7, 11) is 0. The Morgan fingerprint density at radius 1 is 1.27 bits per heavy atom. The number of hydrogen-bond donors (Lipinski definition) is 0.